The summed E-state index contributed by atoms with van der Waals surface area (Å²) >= 11 is 0. The molecule has 0 radical (unpaired) electrons. The maximum Gasteiger partial charge on any atom is 0.0795 e. The maximum absolute atomic E-state index is 7.39. The van der Waals surface area contributed by atoms with Gasteiger partial charge in [-0.25, -0.2) is 0 Å². The maximum atomic E-state index is 7.39. The number of hydrogen-bond donors (Lipinski definition) is 0. The van der Waals surface area contributed by atoms with Crippen molar-refractivity contribution in [3.8, 4) is 0 Å². The number of allylic oxidation sites excluding steroid dienone is 2. The van der Waals surface area contributed by atoms with Gasteiger partial charge in [-0.15, -0.1) is 0 Å². The third-order valence-electron chi connectivity index (χ3n) is 9.68. The zero-order valence-corrected chi connectivity index (χ0v) is 28.7. The van der Waals surface area contributed by atoms with E-state index in [1.807, 2.05) is 0 Å². The minimum atomic E-state index is 0.298. The molecule has 0 saturated carbocycles. The topological polar surface area (TPSA) is 9.23 Å². The average Bonchev–Trinajstić information content (AvgIpc) is 2.95. The molecule has 0 saturated heterocycles. The van der Waals surface area contributed by atoms with Crippen LogP contribution in [0.25, 0.3) is 0 Å². The molecule has 41 heavy (non-hydrogen) atoms. The van der Waals surface area contributed by atoms with Gasteiger partial charge in [0.05, 0.1) is 12.2 Å². The van der Waals surface area contributed by atoms with E-state index in [2.05, 4.69) is 39.8 Å². The van der Waals surface area contributed by atoms with Crippen molar-refractivity contribution in [3.63, 3.8) is 0 Å². The fourth-order valence-corrected chi connectivity index (χ4v) is 7.14. The zero-order valence-electron chi connectivity index (χ0n) is 28.7. The van der Waals surface area contributed by atoms with Crippen molar-refractivity contribution >= 4 is 0 Å². The second-order valence-electron chi connectivity index (χ2n) is 14.8. The summed E-state index contributed by atoms with van der Waals surface area (Å²) in [6, 6.07) is 0. The second-order valence-corrected chi connectivity index (χ2v) is 14.8. The predicted molar refractivity (Wildman–Crippen MR) is 184 cm³/mol. The molecule has 0 spiro atoms. The Morgan fingerprint density at radius 2 is 0.683 bits per heavy atom. The molecular formula is C40H74O. The van der Waals surface area contributed by atoms with E-state index in [4.69, 9.17) is 4.74 Å². The number of hydrogen-bond acceptors (Lipinski definition) is 1. The summed E-state index contributed by atoms with van der Waals surface area (Å²) in [5.74, 6) is 1.33. The molecule has 0 N–H and O–H groups in total. The SMILES string of the molecule is CC(C)CC(OC(CC(C)C)/C1=C/CCCCCCCCCCCCC1)/C1=C/CCCCCCCCCCCCC1. The molecule has 0 aromatic carbocycles. The molecule has 0 aliphatic heterocycles. The van der Waals surface area contributed by atoms with Crippen LogP contribution in [0.1, 0.15) is 207 Å². The lowest BCUT2D eigenvalue weighted by molar-refractivity contribution is 0.00343. The highest BCUT2D eigenvalue weighted by Gasteiger charge is 2.25. The van der Waals surface area contributed by atoms with E-state index in [1.165, 1.54) is 180 Å². The second kappa shape index (κ2) is 24.8. The fraction of sp³-hybridized carbons (Fsp3) is 0.900. The smallest absolute Gasteiger partial charge is 0.0795 e. The summed E-state index contributed by atoms with van der Waals surface area (Å²) in [5, 5.41) is 0. The molecule has 0 bridgehead atoms. The lowest BCUT2D eigenvalue weighted by Gasteiger charge is -2.31. The summed E-state index contributed by atoms with van der Waals surface area (Å²) in [6.07, 6.45) is 44.5. The van der Waals surface area contributed by atoms with Gasteiger partial charge in [0.2, 0.25) is 0 Å². The molecule has 2 aliphatic rings. The minimum Gasteiger partial charge on any atom is -0.366 e. The summed E-state index contributed by atoms with van der Waals surface area (Å²) < 4.78 is 7.39. The summed E-state index contributed by atoms with van der Waals surface area (Å²) in [7, 11) is 0. The highest BCUT2D eigenvalue weighted by molar-refractivity contribution is 5.13. The van der Waals surface area contributed by atoms with Gasteiger partial charge < -0.3 is 4.74 Å². The Balaban J connectivity index is 2.20. The van der Waals surface area contributed by atoms with Crippen LogP contribution < -0.4 is 0 Å². The quantitative estimate of drug-likeness (QED) is 0.264. The van der Waals surface area contributed by atoms with Crippen molar-refractivity contribution in [1.29, 1.82) is 0 Å². The van der Waals surface area contributed by atoms with Crippen LogP contribution in [0.2, 0.25) is 0 Å². The van der Waals surface area contributed by atoms with Gasteiger partial charge >= 0.3 is 0 Å². The Hall–Kier alpha value is -0.560. The molecule has 1 heteroatoms. The van der Waals surface area contributed by atoms with Crippen LogP contribution in [-0.4, -0.2) is 12.2 Å². The Kier molecular flexibility index (Phi) is 22.2. The molecule has 1 nitrogen and oxygen atoms in total. The minimum absolute atomic E-state index is 0.298. The van der Waals surface area contributed by atoms with E-state index >= 15 is 0 Å². The molecule has 0 heterocycles. The standard InChI is InChI=1S/C40H74O/c1-35(2)33-39(37-29-25-21-17-13-9-5-6-10-14-18-22-26-30-37)41-40(34-36(3)4)38-31-27-23-19-15-11-7-8-12-16-20-24-28-32-38/h29,31,35-36,39-40H,5-28,30,32-34H2,1-4H3/b37-29+,38-31+. The molecule has 240 valence electrons. The van der Waals surface area contributed by atoms with Gasteiger partial charge in [0.1, 0.15) is 0 Å². The highest BCUT2D eigenvalue weighted by Crippen LogP contribution is 2.31. The van der Waals surface area contributed by atoms with Crippen molar-refractivity contribution in [2.24, 2.45) is 11.8 Å². The Bertz CT molecular complexity index is 600. The lowest BCUT2D eigenvalue weighted by atomic mass is 9.91. The average molecular weight is 571 g/mol. The zero-order chi connectivity index (χ0) is 29.4. The Morgan fingerprint density at radius 3 is 0.976 bits per heavy atom. The summed E-state index contributed by atoms with van der Waals surface area (Å²) in [6.45, 7) is 9.63. The van der Waals surface area contributed by atoms with Crippen LogP contribution in [-0.2, 0) is 4.74 Å². The van der Waals surface area contributed by atoms with E-state index in [9.17, 15) is 0 Å². The van der Waals surface area contributed by atoms with E-state index in [-0.39, 0.29) is 0 Å². The van der Waals surface area contributed by atoms with Crippen LogP contribution >= 0.6 is 0 Å². The van der Waals surface area contributed by atoms with Crippen LogP contribution in [0.15, 0.2) is 23.3 Å². The third kappa shape index (κ3) is 19.4. The van der Waals surface area contributed by atoms with Crippen molar-refractivity contribution in [1.82, 2.24) is 0 Å². The predicted octanol–water partition coefficient (Wildman–Crippen LogP) is 13.9. The van der Waals surface area contributed by atoms with Crippen LogP contribution in [0, 0.1) is 11.8 Å². The summed E-state index contributed by atoms with van der Waals surface area (Å²) in [4.78, 5) is 0. The molecule has 0 aromatic rings. The molecule has 2 atom stereocenters. The molecule has 0 fully saturated rings. The van der Waals surface area contributed by atoms with Crippen LogP contribution in [0.5, 0.6) is 0 Å². The Labute approximate surface area is 259 Å². The normalized spacial score (nSPS) is 25.4. The van der Waals surface area contributed by atoms with Gasteiger partial charge in [0.15, 0.2) is 0 Å². The first kappa shape index (κ1) is 36.6. The van der Waals surface area contributed by atoms with Crippen molar-refractivity contribution < 1.29 is 4.74 Å². The van der Waals surface area contributed by atoms with Crippen molar-refractivity contribution in [3.05, 3.63) is 23.3 Å². The van der Waals surface area contributed by atoms with E-state index in [0.29, 0.717) is 24.0 Å². The van der Waals surface area contributed by atoms with E-state index in [0.717, 1.165) is 0 Å². The molecule has 0 amide bonds. The van der Waals surface area contributed by atoms with Gasteiger partial charge in [-0.05, 0) is 87.2 Å². The van der Waals surface area contributed by atoms with E-state index < -0.39 is 0 Å². The Morgan fingerprint density at radius 1 is 0.415 bits per heavy atom. The first-order valence-corrected chi connectivity index (χ1v) is 19.1. The van der Waals surface area contributed by atoms with Gasteiger partial charge in [0.25, 0.3) is 0 Å². The van der Waals surface area contributed by atoms with Crippen molar-refractivity contribution in [2.75, 3.05) is 0 Å². The molecule has 0 aromatic heterocycles. The van der Waals surface area contributed by atoms with Gasteiger partial charge in [-0.1, -0.05) is 155 Å². The number of ether oxygens (including phenoxy) is 1. The van der Waals surface area contributed by atoms with Gasteiger partial charge in [-0.2, -0.15) is 0 Å². The lowest BCUT2D eigenvalue weighted by Crippen LogP contribution is -2.28. The molecule has 2 unspecified atom stereocenters. The summed E-state index contributed by atoms with van der Waals surface area (Å²) in [5.41, 5.74) is 3.31. The first-order chi connectivity index (χ1) is 20.1. The van der Waals surface area contributed by atoms with E-state index in [1.54, 1.807) is 11.1 Å². The largest absolute Gasteiger partial charge is 0.366 e. The fourth-order valence-electron chi connectivity index (χ4n) is 7.14. The molecule has 2 aliphatic carbocycles. The number of rotatable bonds is 8. The highest BCUT2D eigenvalue weighted by atomic mass is 16.5. The van der Waals surface area contributed by atoms with Crippen LogP contribution in [0.3, 0.4) is 0 Å². The third-order valence-corrected chi connectivity index (χ3v) is 9.68. The van der Waals surface area contributed by atoms with Gasteiger partial charge in [0, 0.05) is 0 Å². The van der Waals surface area contributed by atoms with Crippen LogP contribution in [0.4, 0.5) is 0 Å². The first-order valence-electron chi connectivity index (χ1n) is 19.1. The molecule has 2 rings (SSSR count). The van der Waals surface area contributed by atoms with Crippen molar-refractivity contribution in [2.45, 2.75) is 220 Å². The van der Waals surface area contributed by atoms with Gasteiger partial charge in [-0.3, -0.25) is 0 Å². The molecular weight excluding hydrogens is 496 g/mol. The monoisotopic (exact) mass is 571 g/mol.